The summed E-state index contributed by atoms with van der Waals surface area (Å²) in [5.41, 5.74) is 1.31. The third-order valence-corrected chi connectivity index (χ3v) is 3.44. The second-order valence-electron chi connectivity index (χ2n) is 4.76. The van der Waals surface area contributed by atoms with Gasteiger partial charge in [-0.3, -0.25) is 4.90 Å². The molecule has 0 bridgehead atoms. The zero-order valence-corrected chi connectivity index (χ0v) is 10.1. The molecule has 0 amide bonds. The van der Waals surface area contributed by atoms with E-state index in [0.29, 0.717) is 5.56 Å². The molecule has 3 heteroatoms. The van der Waals surface area contributed by atoms with E-state index >= 15 is 0 Å². The van der Waals surface area contributed by atoms with Crippen molar-refractivity contribution in [1.82, 2.24) is 4.90 Å². The van der Waals surface area contributed by atoms with Crippen molar-refractivity contribution in [1.29, 1.82) is 5.26 Å². The molecule has 1 fully saturated rings. The smallest absolute Gasteiger partial charge is 0.124 e. The van der Waals surface area contributed by atoms with Crippen LogP contribution in [0.5, 0.6) is 0 Å². The van der Waals surface area contributed by atoms with Crippen molar-refractivity contribution < 1.29 is 4.39 Å². The van der Waals surface area contributed by atoms with E-state index in [1.807, 2.05) is 6.07 Å². The first kappa shape index (κ1) is 12.1. The molecule has 2 nitrogen and oxygen atoms in total. The number of hydrogen-bond acceptors (Lipinski definition) is 2. The van der Waals surface area contributed by atoms with E-state index < -0.39 is 0 Å². The van der Waals surface area contributed by atoms with Gasteiger partial charge in [-0.2, -0.15) is 5.26 Å². The molecule has 0 aromatic heterocycles. The van der Waals surface area contributed by atoms with Gasteiger partial charge in [-0.25, -0.2) is 4.39 Å². The standard InChI is InChI=1S/C14H17FN2/c1-2-11-3-4-17(9-11)10-13-5-12(8-16)6-14(15)7-13/h5-7,11H,2-4,9-10H2,1H3. The zero-order valence-electron chi connectivity index (χ0n) is 10.1. The molecular weight excluding hydrogens is 215 g/mol. The van der Waals surface area contributed by atoms with Crippen molar-refractivity contribution in [2.75, 3.05) is 13.1 Å². The van der Waals surface area contributed by atoms with Crippen LogP contribution in [0, 0.1) is 23.1 Å². The molecule has 1 heterocycles. The van der Waals surface area contributed by atoms with Crippen LogP contribution in [0.4, 0.5) is 4.39 Å². The summed E-state index contributed by atoms with van der Waals surface area (Å²) in [4.78, 5) is 2.34. The van der Waals surface area contributed by atoms with Crippen LogP contribution in [0.15, 0.2) is 18.2 Å². The summed E-state index contributed by atoms with van der Waals surface area (Å²) >= 11 is 0. The van der Waals surface area contributed by atoms with E-state index in [1.165, 1.54) is 25.0 Å². The second kappa shape index (κ2) is 5.29. The summed E-state index contributed by atoms with van der Waals surface area (Å²) in [5, 5.41) is 8.80. The number of likely N-dealkylation sites (tertiary alicyclic amines) is 1. The minimum absolute atomic E-state index is 0.315. The van der Waals surface area contributed by atoms with Crippen molar-refractivity contribution >= 4 is 0 Å². The van der Waals surface area contributed by atoms with Crippen LogP contribution >= 0.6 is 0 Å². The summed E-state index contributed by atoms with van der Waals surface area (Å²) in [6, 6.07) is 6.58. The molecule has 2 rings (SSSR count). The lowest BCUT2D eigenvalue weighted by atomic mass is 10.1. The molecular formula is C14H17FN2. The molecule has 0 radical (unpaired) electrons. The third-order valence-electron chi connectivity index (χ3n) is 3.44. The molecule has 1 aliphatic heterocycles. The summed E-state index contributed by atoms with van der Waals surface area (Å²) in [6.07, 6.45) is 2.44. The monoisotopic (exact) mass is 232 g/mol. The highest BCUT2D eigenvalue weighted by molar-refractivity contribution is 5.33. The number of rotatable bonds is 3. The Hall–Kier alpha value is -1.40. The predicted molar refractivity (Wildman–Crippen MR) is 64.8 cm³/mol. The SMILES string of the molecule is CCC1CCN(Cc2cc(F)cc(C#N)c2)C1. The summed E-state index contributed by atoms with van der Waals surface area (Å²) < 4.78 is 13.3. The van der Waals surface area contributed by atoms with E-state index in [0.717, 1.165) is 31.1 Å². The predicted octanol–water partition coefficient (Wildman–Crippen LogP) is 2.93. The fourth-order valence-corrected chi connectivity index (χ4v) is 2.45. The number of benzene rings is 1. The molecule has 0 aliphatic carbocycles. The number of hydrogen-bond donors (Lipinski definition) is 0. The van der Waals surface area contributed by atoms with Gasteiger partial charge in [0.05, 0.1) is 11.6 Å². The molecule has 90 valence electrons. The molecule has 1 aromatic rings. The van der Waals surface area contributed by atoms with Crippen LogP contribution in [0.3, 0.4) is 0 Å². The first-order valence-corrected chi connectivity index (χ1v) is 6.13. The number of halogens is 1. The molecule has 0 saturated carbocycles. The Labute approximate surface area is 102 Å². The van der Waals surface area contributed by atoms with Crippen molar-refractivity contribution in [2.45, 2.75) is 26.3 Å². The number of nitriles is 1. The normalized spacial score (nSPS) is 20.4. The Balaban J connectivity index is 2.04. The van der Waals surface area contributed by atoms with Gasteiger partial charge in [0, 0.05) is 13.1 Å². The number of nitrogens with zero attached hydrogens (tertiary/aromatic N) is 2. The van der Waals surface area contributed by atoms with E-state index in [9.17, 15) is 4.39 Å². The van der Waals surface area contributed by atoms with E-state index in [4.69, 9.17) is 5.26 Å². The molecule has 0 spiro atoms. The lowest BCUT2D eigenvalue weighted by molar-refractivity contribution is 0.314. The molecule has 1 aliphatic rings. The third kappa shape index (κ3) is 3.04. The van der Waals surface area contributed by atoms with E-state index in [-0.39, 0.29) is 5.82 Å². The van der Waals surface area contributed by atoms with Gasteiger partial charge in [0.15, 0.2) is 0 Å². The van der Waals surface area contributed by atoms with Crippen LogP contribution < -0.4 is 0 Å². The van der Waals surface area contributed by atoms with Gasteiger partial charge >= 0.3 is 0 Å². The quantitative estimate of drug-likeness (QED) is 0.801. The topological polar surface area (TPSA) is 27.0 Å². The maximum Gasteiger partial charge on any atom is 0.124 e. The Bertz CT molecular complexity index is 436. The largest absolute Gasteiger partial charge is 0.299 e. The maximum absolute atomic E-state index is 13.3. The Kier molecular flexibility index (Phi) is 3.75. The first-order chi connectivity index (χ1) is 8.21. The highest BCUT2D eigenvalue weighted by atomic mass is 19.1. The summed E-state index contributed by atoms with van der Waals surface area (Å²) in [5.74, 6) is 0.462. The average molecular weight is 232 g/mol. The van der Waals surface area contributed by atoms with Crippen LogP contribution in [0.1, 0.15) is 30.9 Å². The van der Waals surface area contributed by atoms with E-state index in [2.05, 4.69) is 11.8 Å². The Morgan fingerprint density at radius 3 is 2.94 bits per heavy atom. The van der Waals surface area contributed by atoms with Crippen LogP contribution in [0.2, 0.25) is 0 Å². The van der Waals surface area contributed by atoms with Crippen molar-refractivity contribution in [3.05, 3.63) is 35.1 Å². The van der Waals surface area contributed by atoms with Gasteiger partial charge in [-0.1, -0.05) is 13.3 Å². The molecule has 0 N–H and O–H groups in total. The molecule has 1 unspecified atom stereocenters. The maximum atomic E-state index is 13.3. The first-order valence-electron chi connectivity index (χ1n) is 6.13. The minimum atomic E-state index is -0.315. The van der Waals surface area contributed by atoms with E-state index in [1.54, 1.807) is 6.07 Å². The van der Waals surface area contributed by atoms with Crippen LogP contribution in [0.25, 0.3) is 0 Å². The molecule has 1 atom stereocenters. The molecule has 1 saturated heterocycles. The average Bonchev–Trinajstić information content (AvgIpc) is 2.76. The van der Waals surface area contributed by atoms with Gasteiger partial charge in [0.25, 0.3) is 0 Å². The van der Waals surface area contributed by atoms with Crippen LogP contribution in [-0.4, -0.2) is 18.0 Å². The highest BCUT2D eigenvalue weighted by Gasteiger charge is 2.20. The second-order valence-corrected chi connectivity index (χ2v) is 4.76. The van der Waals surface area contributed by atoms with Crippen LogP contribution in [-0.2, 0) is 6.54 Å². The van der Waals surface area contributed by atoms with Gasteiger partial charge < -0.3 is 0 Å². The molecule has 17 heavy (non-hydrogen) atoms. The fourth-order valence-electron chi connectivity index (χ4n) is 2.45. The summed E-state index contributed by atoms with van der Waals surface area (Å²) in [6.45, 7) is 5.14. The van der Waals surface area contributed by atoms with Crippen molar-refractivity contribution in [3.8, 4) is 6.07 Å². The Morgan fingerprint density at radius 2 is 2.29 bits per heavy atom. The van der Waals surface area contributed by atoms with Gasteiger partial charge in [-0.05, 0) is 42.6 Å². The van der Waals surface area contributed by atoms with Crippen molar-refractivity contribution in [2.24, 2.45) is 5.92 Å². The zero-order chi connectivity index (χ0) is 12.3. The Morgan fingerprint density at radius 1 is 1.47 bits per heavy atom. The molecule has 1 aromatic carbocycles. The lowest BCUT2D eigenvalue weighted by Crippen LogP contribution is -2.20. The summed E-state index contributed by atoms with van der Waals surface area (Å²) in [7, 11) is 0. The van der Waals surface area contributed by atoms with Gasteiger partial charge in [0.1, 0.15) is 5.82 Å². The van der Waals surface area contributed by atoms with Gasteiger partial charge in [0.2, 0.25) is 0 Å². The fraction of sp³-hybridized carbons (Fsp3) is 0.500. The highest BCUT2D eigenvalue weighted by Crippen LogP contribution is 2.21. The van der Waals surface area contributed by atoms with Crippen molar-refractivity contribution in [3.63, 3.8) is 0 Å². The lowest BCUT2D eigenvalue weighted by Gasteiger charge is -2.15. The minimum Gasteiger partial charge on any atom is -0.299 e. The van der Waals surface area contributed by atoms with Gasteiger partial charge in [-0.15, -0.1) is 0 Å².